The van der Waals surface area contributed by atoms with E-state index in [-0.39, 0.29) is 16.9 Å². The monoisotopic (exact) mass is 440 g/mol. The fourth-order valence-corrected chi connectivity index (χ4v) is 3.77. The van der Waals surface area contributed by atoms with E-state index in [0.29, 0.717) is 30.9 Å². The van der Waals surface area contributed by atoms with Crippen molar-refractivity contribution in [3.05, 3.63) is 71.0 Å². The number of hydrogen-bond acceptors (Lipinski definition) is 5. The molecule has 1 amide bonds. The molecule has 0 aromatic heterocycles. The molecule has 32 heavy (non-hydrogen) atoms. The summed E-state index contributed by atoms with van der Waals surface area (Å²) in [6.07, 6.45) is 1.51. The predicted octanol–water partition coefficient (Wildman–Crippen LogP) is 3.99. The van der Waals surface area contributed by atoms with Crippen molar-refractivity contribution in [3.63, 3.8) is 0 Å². The van der Waals surface area contributed by atoms with Crippen molar-refractivity contribution in [2.24, 2.45) is 0 Å². The van der Waals surface area contributed by atoms with Crippen LogP contribution in [-0.4, -0.2) is 60.4 Å². The first-order chi connectivity index (χ1) is 15.3. The number of benzene rings is 2. The van der Waals surface area contributed by atoms with Crippen molar-refractivity contribution >= 4 is 17.4 Å². The van der Waals surface area contributed by atoms with Crippen LogP contribution in [0.4, 0.5) is 4.39 Å². The molecule has 3 rings (SSSR count). The van der Waals surface area contributed by atoms with Gasteiger partial charge in [-0.05, 0) is 75.4 Å². The van der Waals surface area contributed by atoms with E-state index in [9.17, 15) is 19.1 Å². The first-order valence-electron chi connectivity index (χ1n) is 10.7. The van der Waals surface area contributed by atoms with Crippen LogP contribution in [-0.2, 0) is 9.59 Å². The van der Waals surface area contributed by atoms with Crippen molar-refractivity contribution in [2.75, 3.05) is 33.8 Å². The number of Topliss-reactive ketones (excluding diaryl/α,β-unsaturated/α-hetero) is 1. The van der Waals surface area contributed by atoms with Crippen LogP contribution in [0.3, 0.4) is 0 Å². The third kappa shape index (κ3) is 5.16. The fourth-order valence-electron chi connectivity index (χ4n) is 3.77. The molecule has 1 heterocycles. The maximum absolute atomic E-state index is 13.4. The molecule has 0 radical (unpaired) electrons. The topological polar surface area (TPSA) is 70.1 Å². The molecular formula is C25H29FN2O4. The van der Waals surface area contributed by atoms with Crippen molar-refractivity contribution < 1.29 is 23.8 Å². The van der Waals surface area contributed by atoms with E-state index < -0.39 is 23.5 Å². The number of nitrogens with zero attached hydrogens (tertiary/aromatic N) is 2. The van der Waals surface area contributed by atoms with Crippen LogP contribution < -0.4 is 4.74 Å². The Labute approximate surface area is 187 Å². The maximum Gasteiger partial charge on any atom is 0.295 e. The van der Waals surface area contributed by atoms with Crippen LogP contribution in [0.2, 0.25) is 0 Å². The van der Waals surface area contributed by atoms with E-state index in [0.717, 1.165) is 13.0 Å². The lowest BCUT2D eigenvalue weighted by Crippen LogP contribution is -2.32. The van der Waals surface area contributed by atoms with Crippen molar-refractivity contribution in [2.45, 2.75) is 25.8 Å². The lowest BCUT2D eigenvalue weighted by Gasteiger charge is -2.26. The molecule has 6 nitrogen and oxygen atoms in total. The van der Waals surface area contributed by atoms with Crippen LogP contribution in [0.1, 0.15) is 36.9 Å². The van der Waals surface area contributed by atoms with Gasteiger partial charge in [-0.25, -0.2) is 4.39 Å². The normalized spacial score (nSPS) is 17.9. The summed E-state index contributed by atoms with van der Waals surface area (Å²) in [5, 5.41) is 11.0. The summed E-state index contributed by atoms with van der Waals surface area (Å²) in [7, 11) is 3.88. The second-order valence-electron chi connectivity index (χ2n) is 8.08. The van der Waals surface area contributed by atoms with Crippen LogP contribution in [0.15, 0.2) is 54.1 Å². The fraction of sp³-hybridized carbons (Fsp3) is 0.360. The summed E-state index contributed by atoms with van der Waals surface area (Å²) in [6.45, 7) is 3.65. The van der Waals surface area contributed by atoms with Gasteiger partial charge in [0.05, 0.1) is 18.2 Å². The van der Waals surface area contributed by atoms with Gasteiger partial charge in [-0.2, -0.15) is 0 Å². The Morgan fingerprint density at radius 3 is 2.53 bits per heavy atom. The van der Waals surface area contributed by atoms with E-state index in [4.69, 9.17) is 4.74 Å². The number of aliphatic hydroxyl groups excluding tert-OH is 1. The molecule has 2 aromatic rings. The van der Waals surface area contributed by atoms with E-state index >= 15 is 0 Å². The second-order valence-corrected chi connectivity index (χ2v) is 8.08. The van der Waals surface area contributed by atoms with Crippen LogP contribution in [0.5, 0.6) is 5.75 Å². The number of ether oxygens (including phenoxy) is 1. The van der Waals surface area contributed by atoms with Gasteiger partial charge in [-0.15, -0.1) is 0 Å². The number of carbonyl (C=O) groups excluding carboxylic acids is 2. The van der Waals surface area contributed by atoms with Crippen molar-refractivity contribution in [1.29, 1.82) is 0 Å². The minimum Gasteiger partial charge on any atom is -0.507 e. The Balaban J connectivity index is 2.07. The van der Waals surface area contributed by atoms with Gasteiger partial charge < -0.3 is 19.6 Å². The van der Waals surface area contributed by atoms with Gasteiger partial charge in [0, 0.05) is 12.1 Å². The number of hydrogen-bond donors (Lipinski definition) is 1. The molecule has 0 unspecified atom stereocenters. The van der Waals surface area contributed by atoms with Gasteiger partial charge in [-0.3, -0.25) is 9.59 Å². The average Bonchev–Trinajstić information content (AvgIpc) is 3.02. The minimum atomic E-state index is -0.757. The van der Waals surface area contributed by atoms with E-state index in [1.165, 1.54) is 29.2 Å². The number of halogens is 1. The number of amides is 1. The van der Waals surface area contributed by atoms with Crippen LogP contribution >= 0.6 is 0 Å². The summed E-state index contributed by atoms with van der Waals surface area (Å²) in [5.41, 5.74) is 0.950. The van der Waals surface area contributed by atoms with E-state index in [1.807, 2.05) is 38.1 Å². The summed E-state index contributed by atoms with van der Waals surface area (Å²) in [5.74, 6) is -1.55. The first kappa shape index (κ1) is 23.5. The number of likely N-dealkylation sites (tertiary alicyclic amines) is 1. The average molecular weight is 441 g/mol. The molecule has 0 bridgehead atoms. The first-order valence-corrected chi connectivity index (χ1v) is 10.7. The minimum absolute atomic E-state index is 0.000831. The third-order valence-electron chi connectivity index (χ3n) is 5.31. The van der Waals surface area contributed by atoms with Gasteiger partial charge in [-0.1, -0.05) is 19.1 Å². The molecule has 0 aliphatic carbocycles. The van der Waals surface area contributed by atoms with Crippen LogP contribution in [0.25, 0.3) is 5.76 Å². The lowest BCUT2D eigenvalue weighted by atomic mass is 9.95. The zero-order chi connectivity index (χ0) is 23.3. The smallest absolute Gasteiger partial charge is 0.295 e. The van der Waals surface area contributed by atoms with E-state index in [1.54, 1.807) is 12.1 Å². The Kier molecular flexibility index (Phi) is 7.64. The van der Waals surface area contributed by atoms with Gasteiger partial charge in [0.1, 0.15) is 17.3 Å². The van der Waals surface area contributed by atoms with Crippen LogP contribution in [0, 0.1) is 5.82 Å². The highest BCUT2D eigenvalue weighted by atomic mass is 19.1. The summed E-state index contributed by atoms with van der Waals surface area (Å²) in [6, 6.07) is 11.7. The number of aliphatic hydroxyl groups is 1. The third-order valence-corrected chi connectivity index (χ3v) is 5.31. The van der Waals surface area contributed by atoms with Gasteiger partial charge in [0.25, 0.3) is 11.7 Å². The quantitative estimate of drug-likeness (QED) is 0.363. The molecule has 0 saturated carbocycles. The second kappa shape index (κ2) is 10.4. The van der Waals surface area contributed by atoms with Crippen molar-refractivity contribution in [1.82, 2.24) is 9.80 Å². The lowest BCUT2D eigenvalue weighted by molar-refractivity contribution is -0.139. The van der Waals surface area contributed by atoms with Gasteiger partial charge >= 0.3 is 0 Å². The standard InChI is InChI=1S/C25H29FN2O4/c1-4-15-32-20-8-5-7-18(16-20)22-21(23(29)17-9-11-19(26)12-10-17)24(30)25(31)28(22)14-6-13-27(2)3/h5,7-12,16,22,29H,4,6,13-15H2,1-3H3/t22-/m0/s1. The zero-order valence-electron chi connectivity index (χ0n) is 18.7. The molecule has 170 valence electrons. The van der Waals surface area contributed by atoms with Crippen molar-refractivity contribution in [3.8, 4) is 5.75 Å². The highest BCUT2D eigenvalue weighted by molar-refractivity contribution is 6.46. The van der Waals surface area contributed by atoms with Gasteiger partial charge in [0.15, 0.2) is 0 Å². The van der Waals surface area contributed by atoms with Gasteiger partial charge in [0.2, 0.25) is 0 Å². The SMILES string of the molecule is CCCOc1cccc([C@H]2C(=C(O)c3ccc(F)cc3)C(=O)C(=O)N2CCCN(C)C)c1. The Hall–Kier alpha value is -3.19. The molecule has 7 heteroatoms. The number of rotatable bonds is 9. The molecule has 0 spiro atoms. The molecular weight excluding hydrogens is 411 g/mol. The highest BCUT2D eigenvalue weighted by Gasteiger charge is 2.45. The summed E-state index contributed by atoms with van der Waals surface area (Å²) < 4.78 is 19.1. The largest absolute Gasteiger partial charge is 0.507 e. The predicted molar refractivity (Wildman–Crippen MR) is 121 cm³/mol. The summed E-state index contributed by atoms with van der Waals surface area (Å²) >= 11 is 0. The maximum atomic E-state index is 13.4. The molecule has 2 aromatic carbocycles. The molecule has 1 atom stereocenters. The molecule has 1 N–H and O–H groups in total. The highest BCUT2D eigenvalue weighted by Crippen LogP contribution is 2.40. The number of carbonyl (C=O) groups is 2. The Morgan fingerprint density at radius 2 is 1.88 bits per heavy atom. The Bertz CT molecular complexity index is 1000. The molecule has 1 fully saturated rings. The molecule has 1 saturated heterocycles. The Morgan fingerprint density at radius 1 is 1.16 bits per heavy atom. The summed E-state index contributed by atoms with van der Waals surface area (Å²) in [4.78, 5) is 29.5. The molecule has 1 aliphatic heterocycles. The van der Waals surface area contributed by atoms with E-state index in [2.05, 4.69) is 0 Å². The molecule has 1 aliphatic rings. The zero-order valence-corrected chi connectivity index (χ0v) is 18.7. The number of ketones is 1.